The Morgan fingerprint density at radius 1 is 1.19 bits per heavy atom. The van der Waals surface area contributed by atoms with Gasteiger partial charge in [-0.3, -0.25) is 19.4 Å². The molecule has 0 aromatic carbocycles. The number of pyridine rings is 1. The van der Waals surface area contributed by atoms with E-state index in [1.54, 1.807) is 6.20 Å². The van der Waals surface area contributed by atoms with E-state index in [0.29, 0.717) is 17.7 Å². The molecule has 0 radical (unpaired) electrons. The number of hydrogen-bond donors (Lipinski definition) is 0. The van der Waals surface area contributed by atoms with E-state index in [1.807, 2.05) is 34.0 Å². The van der Waals surface area contributed by atoms with Crippen molar-refractivity contribution in [1.29, 1.82) is 0 Å². The second kappa shape index (κ2) is 7.58. The molecule has 0 saturated carbocycles. The Kier molecular flexibility index (Phi) is 5.02. The first-order valence-corrected chi connectivity index (χ1v) is 9.62. The Morgan fingerprint density at radius 3 is 2.88 bits per heavy atom. The Hall–Kier alpha value is -2.21. The molecule has 26 heavy (non-hydrogen) atoms. The highest BCUT2D eigenvalue weighted by Gasteiger charge is 2.36. The van der Waals surface area contributed by atoms with E-state index in [1.165, 1.54) is 18.4 Å². The lowest BCUT2D eigenvalue weighted by Gasteiger charge is -2.36. The number of aromatic nitrogens is 3. The number of fused-ring (bicyclic) bond motifs is 4. The van der Waals surface area contributed by atoms with Crippen LogP contribution in [0.15, 0.2) is 36.8 Å². The summed E-state index contributed by atoms with van der Waals surface area (Å²) in [6.45, 7) is 6.90. The minimum atomic E-state index is 0.0800. The van der Waals surface area contributed by atoms with Gasteiger partial charge in [0.15, 0.2) is 0 Å². The molecule has 3 fully saturated rings. The minimum absolute atomic E-state index is 0.0800. The first kappa shape index (κ1) is 17.2. The summed E-state index contributed by atoms with van der Waals surface area (Å²) in [5.41, 5.74) is 1.77. The molecular formula is C20H27N5O. The zero-order valence-electron chi connectivity index (χ0n) is 15.4. The van der Waals surface area contributed by atoms with Crippen LogP contribution in [0.2, 0.25) is 0 Å². The highest BCUT2D eigenvalue weighted by Crippen LogP contribution is 2.28. The molecule has 5 heterocycles. The first-order chi connectivity index (χ1) is 12.7. The predicted molar refractivity (Wildman–Crippen MR) is 99.8 cm³/mol. The molecule has 3 aliphatic heterocycles. The van der Waals surface area contributed by atoms with Crippen LogP contribution in [0.25, 0.3) is 0 Å². The van der Waals surface area contributed by atoms with E-state index < -0.39 is 0 Å². The van der Waals surface area contributed by atoms with E-state index in [-0.39, 0.29) is 5.91 Å². The van der Waals surface area contributed by atoms with Crippen LogP contribution in [0, 0.1) is 12.8 Å². The van der Waals surface area contributed by atoms with Gasteiger partial charge >= 0.3 is 0 Å². The molecule has 0 unspecified atom stereocenters. The zero-order valence-corrected chi connectivity index (χ0v) is 15.4. The summed E-state index contributed by atoms with van der Waals surface area (Å²) in [5, 5.41) is 4.37. The van der Waals surface area contributed by atoms with Gasteiger partial charge in [-0.05, 0) is 49.8 Å². The third kappa shape index (κ3) is 3.80. The average Bonchev–Trinajstić information content (AvgIpc) is 2.88. The maximum Gasteiger partial charge on any atom is 0.272 e. The van der Waals surface area contributed by atoms with Crippen LogP contribution in [-0.4, -0.2) is 62.7 Å². The quantitative estimate of drug-likeness (QED) is 0.827. The second-order valence-electron chi connectivity index (χ2n) is 7.65. The van der Waals surface area contributed by atoms with Gasteiger partial charge in [0.2, 0.25) is 0 Å². The van der Waals surface area contributed by atoms with Gasteiger partial charge in [0.25, 0.3) is 5.91 Å². The van der Waals surface area contributed by atoms with Gasteiger partial charge in [-0.15, -0.1) is 0 Å². The molecule has 3 aliphatic rings. The first-order valence-electron chi connectivity index (χ1n) is 9.62. The third-order valence-corrected chi connectivity index (χ3v) is 5.59. The van der Waals surface area contributed by atoms with Crippen molar-refractivity contribution in [3.8, 4) is 0 Å². The van der Waals surface area contributed by atoms with Gasteiger partial charge in [-0.2, -0.15) is 5.10 Å². The van der Waals surface area contributed by atoms with Crippen molar-refractivity contribution in [1.82, 2.24) is 24.6 Å². The summed E-state index contributed by atoms with van der Waals surface area (Å²) in [5.74, 6) is 0.657. The maximum atomic E-state index is 12.8. The Bertz CT molecular complexity index is 744. The van der Waals surface area contributed by atoms with Crippen molar-refractivity contribution in [3.05, 3.63) is 48.0 Å². The molecule has 6 heteroatoms. The minimum Gasteiger partial charge on any atom is -0.335 e. The predicted octanol–water partition coefficient (Wildman–Crippen LogP) is 2.21. The zero-order chi connectivity index (χ0) is 17.9. The number of nitrogens with zero attached hydrogens (tertiary/aromatic N) is 5. The maximum absolute atomic E-state index is 12.8. The lowest BCUT2D eigenvalue weighted by Crippen LogP contribution is -2.45. The number of aryl methyl sites for hydroxylation is 2. The summed E-state index contributed by atoms with van der Waals surface area (Å²) in [6.07, 6.45) is 9.22. The number of piperidine rings is 1. The van der Waals surface area contributed by atoms with Crippen LogP contribution in [0.4, 0.5) is 0 Å². The smallest absolute Gasteiger partial charge is 0.272 e. The molecule has 0 spiro atoms. The summed E-state index contributed by atoms with van der Waals surface area (Å²) >= 11 is 0. The molecule has 2 atom stereocenters. The van der Waals surface area contributed by atoms with E-state index in [2.05, 4.69) is 28.1 Å². The number of carbonyl (C=O) groups is 1. The Labute approximate surface area is 154 Å². The van der Waals surface area contributed by atoms with Gasteiger partial charge in [-0.25, -0.2) is 0 Å². The molecule has 1 amide bonds. The number of amides is 1. The number of carbonyl (C=O) groups excluding carboxylic acids is 1. The Morgan fingerprint density at radius 2 is 2.12 bits per heavy atom. The molecule has 6 nitrogen and oxygen atoms in total. The van der Waals surface area contributed by atoms with Crippen molar-refractivity contribution in [3.63, 3.8) is 0 Å². The average molecular weight is 353 g/mol. The number of hydrogen-bond acceptors (Lipinski definition) is 4. The van der Waals surface area contributed by atoms with E-state index in [9.17, 15) is 4.79 Å². The molecule has 3 saturated heterocycles. The molecule has 0 N–H and O–H groups in total. The summed E-state index contributed by atoms with van der Waals surface area (Å²) in [6, 6.07) is 6.03. The van der Waals surface area contributed by atoms with E-state index in [4.69, 9.17) is 0 Å². The largest absolute Gasteiger partial charge is 0.335 e. The van der Waals surface area contributed by atoms with E-state index >= 15 is 0 Å². The van der Waals surface area contributed by atoms with Crippen molar-refractivity contribution >= 4 is 5.91 Å². The van der Waals surface area contributed by atoms with Crippen LogP contribution in [0.5, 0.6) is 0 Å². The Balaban J connectivity index is 1.36. The highest BCUT2D eigenvalue weighted by atomic mass is 16.2. The summed E-state index contributed by atoms with van der Waals surface area (Å²) < 4.78 is 2.03. The van der Waals surface area contributed by atoms with Crippen LogP contribution in [0.3, 0.4) is 0 Å². The van der Waals surface area contributed by atoms with Gasteiger partial charge in [0, 0.05) is 51.2 Å². The van der Waals surface area contributed by atoms with Crippen LogP contribution < -0.4 is 0 Å². The van der Waals surface area contributed by atoms with Gasteiger partial charge in [0.05, 0.1) is 6.20 Å². The van der Waals surface area contributed by atoms with Crippen molar-refractivity contribution in [2.75, 3.05) is 26.2 Å². The lowest BCUT2D eigenvalue weighted by molar-refractivity contribution is 0.0731. The fraction of sp³-hybridized carbons (Fsp3) is 0.550. The van der Waals surface area contributed by atoms with Crippen molar-refractivity contribution in [2.24, 2.45) is 5.92 Å². The standard InChI is InChI=1S/C20H27N5O/c1-16-11-22-25(12-16)10-4-9-23-13-17-6-7-18(23)15-24(14-17)20(26)19-5-2-3-8-21-19/h2-3,5,8,11-12,17-18H,4,6-7,9-10,13-15H2,1H3/t17-,18-/m1/s1. The molecule has 138 valence electrons. The van der Waals surface area contributed by atoms with Gasteiger partial charge in [0.1, 0.15) is 5.69 Å². The highest BCUT2D eigenvalue weighted by molar-refractivity contribution is 5.92. The van der Waals surface area contributed by atoms with Crippen molar-refractivity contribution in [2.45, 2.75) is 38.8 Å². The summed E-state index contributed by atoms with van der Waals surface area (Å²) in [4.78, 5) is 21.7. The molecular weight excluding hydrogens is 326 g/mol. The van der Waals surface area contributed by atoms with E-state index in [0.717, 1.165) is 39.1 Å². The van der Waals surface area contributed by atoms with Gasteiger partial charge in [-0.1, -0.05) is 6.07 Å². The monoisotopic (exact) mass is 353 g/mol. The van der Waals surface area contributed by atoms with Gasteiger partial charge < -0.3 is 4.90 Å². The lowest BCUT2D eigenvalue weighted by atomic mass is 9.95. The molecule has 0 aliphatic carbocycles. The fourth-order valence-corrected chi connectivity index (χ4v) is 4.30. The summed E-state index contributed by atoms with van der Waals surface area (Å²) in [7, 11) is 0. The SMILES string of the molecule is Cc1cnn(CCCN2C[C@H]3CC[C@@H]2CN(C(=O)c2ccccn2)C3)c1. The number of rotatable bonds is 5. The van der Waals surface area contributed by atoms with Crippen LogP contribution in [0.1, 0.15) is 35.3 Å². The third-order valence-electron chi connectivity index (χ3n) is 5.59. The molecule has 2 aromatic heterocycles. The van der Waals surface area contributed by atoms with Crippen LogP contribution >= 0.6 is 0 Å². The second-order valence-corrected chi connectivity index (χ2v) is 7.65. The fourth-order valence-electron chi connectivity index (χ4n) is 4.30. The van der Waals surface area contributed by atoms with Crippen LogP contribution in [-0.2, 0) is 6.54 Å². The molecule has 2 bridgehead atoms. The topological polar surface area (TPSA) is 54.3 Å². The normalized spacial score (nSPS) is 23.2. The van der Waals surface area contributed by atoms with Crippen molar-refractivity contribution < 1.29 is 4.79 Å². The molecule has 5 rings (SSSR count). The molecule has 2 aromatic rings.